The molecule has 4 aliphatic carbocycles. The summed E-state index contributed by atoms with van der Waals surface area (Å²) in [7, 11) is 0. The standard InChI is InChI=1S/C27H39ClFN5O5/c1-25(2,3)18(31-24(39)27-8-13(9-27)10-27)22(37)33-12-15-16(26(15,4)5)17(33)21(36)32-34(23(38)19(28)29)11-14-6-7-30-20(14)35/h13-19H,6-12H2,1-5H3,(H,30,35)(H,31,39)(H,32,36)/t13?,14-,15-,16-,17-,18+,19-,27?/m0/s1. The van der Waals surface area contributed by atoms with E-state index in [1.807, 2.05) is 34.6 Å². The smallest absolute Gasteiger partial charge is 0.291 e. The molecule has 12 heteroatoms. The molecule has 0 aromatic heterocycles. The summed E-state index contributed by atoms with van der Waals surface area (Å²) in [6.45, 7) is 10.2. The zero-order valence-corrected chi connectivity index (χ0v) is 23.9. The number of likely N-dealkylation sites (tertiary alicyclic amines) is 1. The van der Waals surface area contributed by atoms with Gasteiger partial charge in [-0.2, -0.15) is 0 Å². The maximum absolute atomic E-state index is 14.0. The second kappa shape index (κ2) is 9.31. The van der Waals surface area contributed by atoms with Gasteiger partial charge in [0.1, 0.15) is 12.1 Å². The summed E-state index contributed by atoms with van der Waals surface area (Å²) in [6.07, 6.45) is 3.00. The average molecular weight is 568 g/mol. The van der Waals surface area contributed by atoms with Crippen molar-refractivity contribution >= 4 is 41.1 Å². The molecule has 6 atom stereocenters. The lowest BCUT2D eigenvalue weighted by Crippen LogP contribution is -2.66. The second-order valence-corrected chi connectivity index (χ2v) is 14.3. The van der Waals surface area contributed by atoms with E-state index in [0.717, 1.165) is 24.3 Å². The number of rotatable bonds is 7. The van der Waals surface area contributed by atoms with Crippen LogP contribution in [0.2, 0.25) is 0 Å². The number of alkyl halides is 2. The van der Waals surface area contributed by atoms with Crippen LogP contribution in [0.4, 0.5) is 4.39 Å². The van der Waals surface area contributed by atoms with Gasteiger partial charge in [-0.25, -0.2) is 9.40 Å². The van der Waals surface area contributed by atoms with Crippen LogP contribution in [0, 0.1) is 39.9 Å². The molecule has 4 saturated carbocycles. The highest BCUT2D eigenvalue weighted by Gasteiger charge is 2.70. The molecule has 2 aliphatic heterocycles. The highest BCUT2D eigenvalue weighted by atomic mass is 35.5. The maximum atomic E-state index is 14.0. The Morgan fingerprint density at radius 3 is 2.33 bits per heavy atom. The van der Waals surface area contributed by atoms with Crippen LogP contribution in [-0.2, 0) is 24.0 Å². The SMILES string of the molecule is CC(C)(C)[C@H](NC(=O)C12CC(C1)C2)C(=O)N1C[C@H]2[C@@H]([C@H]1C(=O)NN(C[C@@H]1CCNC1=O)C(=O)[C@H](F)Cl)C2(C)C. The van der Waals surface area contributed by atoms with Gasteiger partial charge in [0.25, 0.3) is 17.4 Å². The Hall–Kier alpha value is -2.43. The van der Waals surface area contributed by atoms with Gasteiger partial charge in [0.15, 0.2) is 0 Å². The van der Waals surface area contributed by atoms with Crippen LogP contribution >= 0.6 is 11.6 Å². The molecule has 10 nitrogen and oxygen atoms in total. The Bertz CT molecular complexity index is 1090. The molecular formula is C27H39ClFN5O5. The number of carbonyl (C=O) groups is 5. The van der Waals surface area contributed by atoms with E-state index in [1.165, 1.54) is 4.90 Å². The number of hydrogen-bond acceptors (Lipinski definition) is 5. The molecule has 0 aromatic rings. The lowest BCUT2D eigenvalue weighted by molar-refractivity contribution is -0.168. The first-order valence-electron chi connectivity index (χ1n) is 13.9. The van der Waals surface area contributed by atoms with Crippen molar-refractivity contribution in [3.8, 4) is 0 Å². The van der Waals surface area contributed by atoms with Crippen molar-refractivity contribution < 1.29 is 28.4 Å². The third kappa shape index (κ3) is 4.68. The highest BCUT2D eigenvalue weighted by Crippen LogP contribution is 2.65. The van der Waals surface area contributed by atoms with Crippen LogP contribution in [0.15, 0.2) is 0 Å². The molecule has 39 heavy (non-hydrogen) atoms. The van der Waals surface area contributed by atoms with Crippen molar-refractivity contribution in [2.24, 2.45) is 39.9 Å². The van der Waals surface area contributed by atoms with Gasteiger partial charge in [-0.15, -0.1) is 0 Å². The molecule has 0 spiro atoms. The largest absolute Gasteiger partial charge is 0.356 e. The van der Waals surface area contributed by atoms with Crippen LogP contribution in [0.25, 0.3) is 0 Å². The lowest BCUT2D eigenvalue weighted by Gasteiger charge is -2.60. The minimum absolute atomic E-state index is 0.0675. The predicted octanol–water partition coefficient (Wildman–Crippen LogP) is 1.33. The van der Waals surface area contributed by atoms with E-state index in [2.05, 4.69) is 16.1 Å². The van der Waals surface area contributed by atoms with Gasteiger partial charge < -0.3 is 15.5 Å². The molecule has 0 unspecified atom stereocenters. The first-order chi connectivity index (χ1) is 18.1. The summed E-state index contributed by atoms with van der Waals surface area (Å²) in [5.74, 6) is -2.66. The number of nitrogens with zero attached hydrogens (tertiary/aromatic N) is 2. The fourth-order valence-electron chi connectivity index (χ4n) is 7.22. The Kier molecular flexibility index (Phi) is 6.71. The van der Waals surface area contributed by atoms with Gasteiger partial charge in [-0.3, -0.25) is 29.4 Å². The monoisotopic (exact) mass is 567 g/mol. The normalized spacial score (nSPS) is 35.0. The summed E-state index contributed by atoms with van der Waals surface area (Å²) >= 11 is 5.43. The minimum atomic E-state index is -2.40. The number of piperidine rings is 1. The lowest BCUT2D eigenvalue weighted by atomic mass is 9.44. The molecule has 3 N–H and O–H groups in total. The summed E-state index contributed by atoms with van der Waals surface area (Å²) in [5, 5.41) is 6.44. The van der Waals surface area contributed by atoms with Crippen LogP contribution in [0.3, 0.4) is 0 Å². The molecule has 2 heterocycles. The van der Waals surface area contributed by atoms with Crippen molar-refractivity contribution in [1.29, 1.82) is 0 Å². The Labute approximate surface area is 233 Å². The van der Waals surface area contributed by atoms with Crippen LogP contribution < -0.4 is 16.1 Å². The molecule has 0 aromatic carbocycles. The molecule has 0 radical (unpaired) electrons. The zero-order valence-electron chi connectivity index (χ0n) is 23.2. The number of halogens is 2. The molecular weight excluding hydrogens is 529 g/mol. The van der Waals surface area contributed by atoms with Crippen molar-refractivity contribution in [1.82, 2.24) is 26.0 Å². The third-order valence-corrected chi connectivity index (χ3v) is 10.1. The van der Waals surface area contributed by atoms with Gasteiger partial charge in [-0.1, -0.05) is 46.2 Å². The Morgan fingerprint density at radius 2 is 1.85 bits per heavy atom. The first kappa shape index (κ1) is 28.1. The Morgan fingerprint density at radius 1 is 1.21 bits per heavy atom. The second-order valence-electron chi connectivity index (χ2n) is 13.9. The number of hydrazine groups is 1. The topological polar surface area (TPSA) is 128 Å². The van der Waals surface area contributed by atoms with E-state index >= 15 is 0 Å². The van der Waals surface area contributed by atoms with E-state index in [1.54, 1.807) is 0 Å². The summed E-state index contributed by atoms with van der Waals surface area (Å²) in [4.78, 5) is 67.1. The molecule has 2 saturated heterocycles. The van der Waals surface area contributed by atoms with Crippen LogP contribution in [0.5, 0.6) is 0 Å². The number of fused-ring (bicyclic) bond motifs is 1. The molecule has 216 valence electrons. The van der Waals surface area contributed by atoms with Gasteiger partial charge in [-0.05, 0) is 54.3 Å². The quantitative estimate of drug-likeness (QED) is 0.316. The average Bonchev–Trinajstić information content (AvgIpc) is 3.13. The number of carbonyl (C=O) groups excluding carboxylic acids is 5. The van der Waals surface area contributed by atoms with Crippen molar-refractivity contribution in [3.05, 3.63) is 0 Å². The third-order valence-electron chi connectivity index (χ3n) is 9.93. The van der Waals surface area contributed by atoms with Gasteiger partial charge in [0, 0.05) is 18.5 Å². The first-order valence-corrected chi connectivity index (χ1v) is 14.3. The van der Waals surface area contributed by atoms with E-state index in [9.17, 15) is 28.4 Å². The van der Waals surface area contributed by atoms with Gasteiger partial charge in [0.05, 0.1) is 12.5 Å². The van der Waals surface area contributed by atoms with Gasteiger partial charge in [0.2, 0.25) is 17.7 Å². The van der Waals surface area contributed by atoms with Crippen molar-refractivity contribution in [2.75, 3.05) is 19.6 Å². The molecule has 6 aliphatic rings. The van der Waals surface area contributed by atoms with E-state index < -0.39 is 40.9 Å². The van der Waals surface area contributed by atoms with Crippen LogP contribution in [-0.4, -0.2) is 76.8 Å². The van der Waals surface area contributed by atoms with Crippen molar-refractivity contribution in [2.45, 2.75) is 78.0 Å². The fourth-order valence-corrected chi connectivity index (χ4v) is 7.33. The number of hydrogen-bond donors (Lipinski definition) is 3. The minimum Gasteiger partial charge on any atom is -0.356 e. The number of amides is 5. The summed E-state index contributed by atoms with van der Waals surface area (Å²) in [6, 6.07) is -1.76. The molecule has 6 fully saturated rings. The van der Waals surface area contributed by atoms with Crippen LogP contribution in [0.1, 0.15) is 60.3 Å². The number of nitrogens with one attached hydrogen (secondary N) is 3. The van der Waals surface area contributed by atoms with E-state index in [4.69, 9.17) is 11.6 Å². The molecule has 2 bridgehead atoms. The van der Waals surface area contributed by atoms with Gasteiger partial charge >= 0.3 is 0 Å². The Balaban J connectivity index is 1.36. The summed E-state index contributed by atoms with van der Waals surface area (Å²) < 4.78 is 13.9. The van der Waals surface area contributed by atoms with E-state index in [-0.39, 0.29) is 46.9 Å². The maximum Gasteiger partial charge on any atom is 0.291 e. The fraction of sp³-hybridized carbons (Fsp3) is 0.815. The highest BCUT2D eigenvalue weighted by molar-refractivity contribution is 6.29. The predicted molar refractivity (Wildman–Crippen MR) is 139 cm³/mol. The molecule has 5 amide bonds. The van der Waals surface area contributed by atoms with Crippen molar-refractivity contribution in [3.63, 3.8) is 0 Å². The summed E-state index contributed by atoms with van der Waals surface area (Å²) in [5.41, 5.74) is -1.09. The van der Waals surface area contributed by atoms with E-state index in [0.29, 0.717) is 25.4 Å². The molecule has 6 rings (SSSR count). The zero-order chi connectivity index (χ0) is 28.7.